The molecule has 0 radical (unpaired) electrons. The summed E-state index contributed by atoms with van der Waals surface area (Å²) in [5.74, 6) is 0.123. The van der Waals surface area contributed by atoms with Crippen LogP contribution in [0, 0.1) is 5.82 Å². The molecule has 5 nitrogen and oxygen atoms in total. The van der Waals surface area contributed by atoms with E-state index in [0.29, 0.717) is 11.6 Å². The van der Waals surface area contributed by atoms with Crippen molar-refractivity contribution in [2.24, 2.45) is 0 Å². The number of halogens is 1. The molecule has 0 unspecified atom stereocenters. The number of imidazole rings is 1. The fraction of sp³-hybridized carbons (Fsp3) is 0.263. The number of piperidine rings is 1. The predicted molar refractivity (Wildman–Crippen MR) is 94.2 cm³/mol. The second-order valence-electron chi connectivity index (χ2n) is 6.61. The second-order valence-corrected chi connectivity index (χ2v) is 6.61. The summed E-state index contributed by atoms with van der Waals surface area (Å²) in [7, 11) is 0. The van der Waals surface area contributed by atoms with Gasteiger partial charge < -0.3 is 9.72 Å². The van der Waals surface area contributed by atoms with E-state index in [-0.39, 0.29) is 5.82 Å². The summed E-state index contributed by atoms with van der Waals surface area (Å²) in [5, 5.41) is 7.56. The molecule has 1 saturated heterocycles. The molecule has 0 saturated carbocycles. The molecule has 6 heteroatoms. The Morgan fingerprint density at radius 2 is 1.96 bits per heavy atom. The van der Waals surface area contributed by atoms with Gasteiger partial charge in [0.1, 0.15) is 0 Å². The van der Waals surface area contributed by atoms with E-state index in [2.05, 4.69) is 15.4 Å². The van der Waals surface area contributed by atoms with Crippen LogP contribution in [-0.2, 0) is 0 Å². The van der Waals surface area contributed by atoms with Gasteiger partial charge in [-0.05, 0) is 55.8 Å². The van der Waals surface area contributed by atoms with E-state index in [0.717, 1.165) is 48.3 Å². The largest absolute Gasteiger partial charge is 0.317 e. The summed E-state index contributed by atoms with van der Waals surface area (Å²) in [6.45, 7) is 2.00. The quantitative estimate of drug-likeness (QED) is 0.612. The lowest BCUT2D eigenvalue weighted by atomic mass is 9.95. The third-order valence-corrected chi connectivity index (χ3v) is 5.02. The first kappa shape index (κ1) is 14.6. The molecule has 4 aromatic heterocycles. The predicted octanol–water partition coefficient (Wildman–Crippen LogP) is 3.26. The first-order valence-electron chi connectivity index (χ1n) is 8.60. The Morgan fingerprint density at radius 3 is 2.84 bits per heavy atom. The van der Waals surface area contributed by atoms with Crippen LogP contribution in [0.3, 0.4) is 0 Å². The number of pyridine rings is 2. The lowest BCUT2D eigenvalue weighted by molar-refractivity contribution is 0.454. The van der Waals surface area contributed by atoms with Crippen LogP contribution < -0.4 is 5.32 Å². The molecule has 1 aliphatic heterocycles. The van der Waals surface area contributed by atoms with Crippen molar-refractivity contribution in [3.8, 4) is 11.1 Å². The van der Waals surface area contributed by atoms with E-state index in [4.69, 9.17) is 0 Å². The minimum Gasteiger partial charge on any atom is -0.317 e. The maximum absolute atomic E-state index is 14.7. The summed E-state index contributed by atoms with van der Waals surface area (Å²) in [6.07, 6.45) is 9.69. The lowest BCUT2D eigenvalue weighted by Gasteiger charge is -2.20. The molecule has 25 heavy (non-hydrogen) atoms. The average molecular weight is 335 g/mol. The molecule has 0 bridgehead atoms. The third-order valence-electron chi connectivity index (χ3n) is 5.02. The van der Waals surface area contributed by atoms with Gasteiger partial charge in [-0.2, -0.15) is 5.10 Å². The Morgan fingerprint density at radius 1 is 1.08 bits per heavy atom. The van der Waals surface area contributed by atoms with Crippen molar-refractivity contribution in [2.75, 3.05) is 13.1 Å². The Labute approximate surface area is 144 Å². The highest BCUT2D eigenvalue weighted by Crippen LogP contribution is 2.28. The average Bonchev–Trinajstić information content (AvgIpc) is 3.28. The minimum absolute atomic E-state index is 0.286. The number of hydrogen-bond acceptors (Lipinski definition) is 3. The zero-order chi connectivity index (χ0) is 16.8. The molecule has 5 rings (SSSR count). The van der Waals surface area contributed by atoms with Crippen molar-refractivity contribution < 1.29 is 4.39 Å². The van der Waals surface area contributed by atoms with Crippen LogP contribution in [0.15, 0.2) is 49.1 Å². The monoisotopic (exact) mass is 335 g/mol. The number of nitrogens with one attached hydrogen (secondary N) is 1. The Bertz CT molecular complexity index is 1060. The van der Waals surface area contributed by atoms with E-state index >= 15 is 0 Å². The first-order valence-corrected chi connectivity index (χ1v) is 8.60. The molecule has 0 aromatic carbocycles. The summed E-state index contributed by atoms with van der Waals surface area (Å²) < 4.78 is 18.3. The summed E-state index contributed by atoms with van der Waals surface area (Å²) in [5.41, 5.74) is 4.18. The van der Waals surface area contributed by atoms with Gasteiger partial charge >= 0.3 is 0 Å². The van der Waals surface area contributed by atoms with E-state index in [1.54, 1.807) is 16.8 Å². The van der Waals surface area contributed by atoms with Crippen LogP contribution >= 0.6 is 0 Å². The molecule has 0 amide bonds. The van der Waals surface area contributed by atoms with Crippen LogP contribution in [0.5, 0.6) is 0 Å². The standard InChI is InChI=1S/C19H18FN5/c20-17-10-15(14-4-8-25-16(9-14)3-7-22-25)11-24-12-18(23-19(17)24)13-1-5-21-6-2-13/h3-4,7-13,21H,1-2,5-6H2. The van der Waals surface area contributed by atoms with Crippen LogP contribution in [-0.4, -0.2) is 32.1 Å². The molecule has 1 fully saturated rings. The Kier molecular flexibility index (Phi) is 3.31. The highest BCUT2D eigenvalue weighted by molar-refractivity contribution is 5.69. The molecular weight excluding hydrogens is 317 g/mol. The maximum Gasteiger partial charge on any atom is 0.173 e. The number of aromatic nitrogens is 4. The fourth-order valence-corrected chi connectivity index (χ4v) is 3.65. The third kappa shape index (κ3) is 2.49. The number of hydrogen-bond donors (Lipinski definition) is 1. The summed E-state index contributed by atoms with van der Waals surface area (Å²) in [4.78, 5) is 4.56. The van der Waals surface area contributed by atoms with E-state index in [1.807, 2.05) is 41.2 Å². The molecule has 0 atom stereocenters. The van der Waals surface area contributed by atoms with Crippen LogP contribution in [0.2, 0.25) is 0 Å². The highest BCUT2D eigenvalue weighted by atomic mass is 19.1. The second kappa shape index (κ2) is 5.67. The maximum atomic E-state index is 14.7. The fourth-order valence-electron chi connectivity index (χ4n) is 3.65. The minimum atomic E-state index is -0.286. The smallest absolute Gasteiger partial charge is 0.173 e. The number of fused-ring (bicyclic) bond motifs is 2. The van der Waals surface area contributed by atoms with Crippen molar-refractivity contribution in [3.05, 3.63) is 60.6 Å². The van der Waals surface area contributed by atoms with Gasteiger partial charge in [-0.25, -0.2) is 13.9 Å². The van der Waals surface area contributed by atoms with Crippen molar-refractivity contribution in [1.29, 1.82) is 0 Å². The molecule has 4 aromatic rings. The van der Waals surface area contributed by atoms with Gasteiger partial charge in [-0.1, -0.05) is 0 Å². The van der Waals surface area contributed by atoms with Crippen LogP contribution in [0.1, 0.15) is 24.5 Å². The lowest BCUT2D eigenvalue weighted by Crippen LogP contribution is -2.26. The Balaban J connectivity index is 1.59. The van der Waals surface area contributed by atoms with E-state index < -0.39 is 0 Å². The zero-order valence-corrected chi connectivity index (χ0v) is 13.7. The van der Waals surface area contributed by atoms with Gasteiger partial charge in [0.05, 0.1) is 11.2 Å². The van der Waals surface area contributed by atoms with Gasteiger partial charge in [0, 0.05) is 36.3 Å². The normalized spacial score (nSPS) is 16.0. The van der Waals surface area contributed by atoms with Crippen molar-refractivity contribution in [3.63, 3.8) is 0 Å². The molecule has 1 N–H and O–H groups in total. The van der Waals surface area contributed by atoms with E-state index in [1.165, 1.54) is 0 Å². The zero-order valence-electron chi connectivity index (χ0n) is 13.7. The molecule has 126 valence electrons. The topological polar surface area (TPSA) is 46.6 Å². The van der Waals surface area contributed by atoms with Gasteiger partial charge in [0.25, 0.3) is 0 Å². The van der Waals surface area contributed by atoms with Gasteiger partial charge in [0.15, 0.2) is 11.5 Å². The first-order chi connectivity index (χ1) is 12.3. The Hall–Kier alpha value is -2.73. The van der Waals surface area contributed by atoms with Crippen molar-refractivity contribution in [2.45, 2.75) is 18.8 Å². The van der Waals surface area contributed by atoms with Gasteiger partial charge in [-0.15, -0.1) is 0 Å². The van der Waals surface area contributed by atoms with Gasteiger partial charge in [-0.3, -0.25) is 0 Å². The van der Waals surface area contributed by atoms with Crippen molar-refractivity contribution >= 4 is 11.2 Å². The molecule has 0 aliphatic carbocycles. The number of rotatable bonds is 2. The van der Waals surface area contributed by atoms with Crippen LogP contribution in [0.25, 0.3) is 22.3 Å². The summed E-state index contributed by atoms with van der Waals surface area (Å²) in [6, 6.07) is 7.46. The number of nitrogens with zero attached hydrogens (tertiary/aromatic N) is 4. The molecule has 5 heterocycles. The van der Waals surface area contributed by atoms with Crippen molar-refractivity contribution in [1.82, 2.24) is 24.3 Å². The van der Waals surface area contributed by atoms with Gasteiger partial charge in [0.2, 0.25) is 0 Å². The van der Waals surface area contributed by atoms with E-state index in [9.17, 15) is 4.39 Å². The molecule has 0 spiro atoms. The SMILES string of the molecule is Fc1cc(-c2ccn3nccc3c2)cn2cc(C3CCNCC3)nc12. The highest BCUT2D eigenvalue weighted by Gasteiger charge is 2.19. The molecule has 1 aliphatic rings. The van der Waals surface area contributed by atoms with Crippen LogP contribution in [0.4, 0.5) is 4.39 Å². The summed E-state index contributed by atoms with van der Waals surface area (Å²) >= 11 is 0. The molecular formula is C19H18FN5.